The first-order valence-electron chi connectivity index (χ1n) is 14.1. The lowest BCUT2D eigenvalue weighted by Gasteiger charge is -2.44. The molecule has 2 aromatic carbocycles. The van der Waals surface area contributed by atoms with Crippen LogP contribution in [0.25, 0.3) is 0 Å². The monoisotopic (exact) mass is 601 g/mol. The molecule has 10 heteroatoms. The van der Waals surface area contributed by atoms with E-state index in [0.717, 1.165) is 49.4 Å². The molecule has 2 aliphatic heterocycles. The molecule has 2 aliphatic rings. The van der Waals surface area contributed by atoms with Crippen LogP contribution >= 0.6 is 23.2 Å². The molecule has 0 radical (unpaired) electrons. The molecule has 3 aromatic rings. The maximum Gasteiger partial charge on any atom is 0.158 e. The molecule has 41 heavy (non-hydrogen) atoms. The van der Waals surface area contributed by atoms with E-state index in [9.17, 15) is 5.11 Å². The first-order chi connectivity index (χ1) is 20.0. The van der Waals surface area contributed by atoms with Gasteiger partial charge in [0, 0.05) is 43.9 Å². The molecule has 8 nitrogen and oxygen atoms in total. The summed E-state index contributed by atoms with van der Waals surface area (Å²) < 4.78 is 17.1. The zero-order valence-electron chi connectivity index (χ0n) is 23.0. The Morgan fingerprint density at radius 2 is 1.90 bits per heavy atom. The van der Waals surface area contributed by atoms with Crippen molar-refractivity contribution in [2.45, 2.75) is 44.3 Å². The standard InChI is InChI=1S/C31H37Cl2N3O5/c32-23-9-7-22(8-10-23)29-19-35(13-14-36(29)28-12-11-25(18-26(28)33)39-17-15-37)20-30(38)27-5-3-4-24(34-27)21-41-31-6-1-2-16-40-31/h3-5,7-12,18,29-31,37-38H,1-2,6,13-17,19-21H2/t29-,30?,31?/m0/s1. The van der Waals surface area contributed by atoms with E-state index in [1.165, 1.54) is 0 Å². The van der Waals surface area contributed by atoms with E-state index in [2.05, 4.69) is 14.8 Å². The third-order valence-corrected chi connectivity index (χ3v) is 8.02. The van der Waals surface area contributed by atoms with Crippen LogP contribution in [-0.4, -0.2) is 72.4 Å². The van der Waals surface area contributed by atoms with E-state index >= 15 is 0 Å². The van der Waals surface area contributed by atoms with Crippen molar-refractivity contribution in [3.63, 3.8) is 0 Å². The number of nitrogens with zero attached hydrogens (tertiary/aromatic N) is 3. The number of ether oxygens (including phenoxy) is 3. The van der Waals surface area contributed by atoms with Crippen molar-refractivity contribution in [1.29, 1.82) is 0 Å². The van der Waals surface area contributed by atoms with Gasteiger partial charge >= 0.3 is 0 Å². The van der Waals surface area contributed by atoms with Gasteiger partial charge in [-0.15, -0.1) is 0 Å². The number of rotatable bonds is 11. The number of piperazine rings is 1. The van der Waals surface area contributed by atoms with Crippen LogP contribution in [0.5, 0.6) is 5.75 Å². The number of halogens is 2. The number of aliphatic hydroxyl groups is 2. The third kappa shape index (κ3) is 8.11. The largest absolute Gasteiger partial charge is 0.491 e. The minimum absolute atomic E-state index is 0.0156. The highest BCUT2D eigenvalue weighted by atomic mass is 35.5. The molecule has 5 rings (SSSR count). The van der Waals surface area contributed by atoms with E-state index in [4.69, 9.17) is 42.5 Å². The molecule has 0 aliphatic carbocycles. The number of pyridine rings is 1. The van der Waals surface area contributed by atoms with Crippen LogP contribution < -0.4 is 9.64 Å². The normalized spacial score (nSPS) is 20.6. The molecule has 0 amide bonds. The zero-order chi connectivity index (χ0) is 28.6. The average Bonchev–Trinajstić information content (AvgIpc) is 3.00. The smallest absolute Gasteiger partial charge is 0.158 e. The van der Waals surface area contributed by atoms with Gasteiger partial charge in [0.2, 0.25) is 0 Å². The minimum Gasteiger partial charge on any atom is -0.491 e. The summed E-state index contributed by atoms with van der Waals surface area (Å²) in [6, 6.07) is 19.1. The van der Waals surface area contributed by atoms with Crippen LogP contribution in [-0.2, 0) is 16.1 Å². The highest BCUT2D eigenvalue weighted by molar-refractivity contribution is 6.33. The highest BCUT2D eigenvalue weighted by Gasteiger charge is 2.31. The van der Waals surface area contributed by atoms with Gasteiger partial charge < -0.3 is 29.3 Å². The van der Waals surface area contributed by atoms with Gasteiger partial charge in [-0.25, -0.2) is 0 Å². The molecule has 2 fully saturated rings. The van der Waals surface area contributed by atoms with Gasteiger partial charge in [-0.05, 0) is 61.2 Å². The van der Waals surface area contributed by atoms with Crippen LogP contribution in [0.3, 0.4) is 0 Å². The van der Waals surface area contributed by atoms with Crippen molar-refractivity contribution in [2.75, 3.05) is 50.9 Å². The fraction of sp³-hybridized carbons (Fsp3) is 0.452. The summed E-state index contributed by atoms with van der Waals surface area (Å²) in [4.78, 5) is 9.23. The fourth-order valence-electron chi connectivity index (χ4n) is 5.36. The predicted molar refractivity (Wildman–Crippen MR) is 160 cm³/mol. The first kappa shape index (κ1) is 30.0. The van der Waals surface area contributed by atoms with Gasteiger partial charge in [-0.3, -0.25) is 9.88 Å². The number of hydrogen-bond acceptors (Lipinski definition) is 8. The summed E-state index contributed by atoms with van der Waals surface area (Å²) in [7, 11) is 0. The van der Waals surface area contributed by atoms with Crippen molar-refractivity contribution in [3.8, 4) is 5.75 Å². The maximum atomic E-state index is 11.2. The van der Waals surface area contributed by atoms with Crippen molar-refractivity contribution in [1.82, 2.24) is 9.88 Å². The second-order valence-corrected chi connectivity index (χ2v) is 11.2. The van der Waals surface area contributed by atoms with E-state index in [1.807, 2.05) is 54.6 Å². The molecule has 0 bridgehead atoms. The Bertz CT molecular complexity index is 1260. The number of anilines is 1. The van der Waals surface area contributed by atoms with Gasteiger partial charge in [0.05, 0.1) is 41.4 Å². The van der Waals surface area contributed by atoms with Crippen LogP contribution in [0.1, 0.15) is 48.4 Å². The van der Waals surface area contributed by atoms with Gasteiger partial charge in [0.25, 0.3) is 0 Å². The van der Waals surface area contributed by atoms with Gasteiger partial charge in [0.15, 0.2) is 6.29 Å². The molecule has 2 saturated heterocycles. The Morgan fingerprint density at radius 1 is 1.05 bits per heavy atom. The Morgan fingerprint density at radius 3 is 2.66 bits per heavy atom. The molecule has 220 valence electrons. The summed E-state index contributed by atoms with van der Waals surface area (Å²) in [5, 5.41) is 21.5. The van der Waals surface area contributed by atoms with E-state index in [-0.39, 0.29) is 25.5 Å². The topological polar surface area (TPSA) is 87.5 Å². The summed E-state index contributed by atoms with van der Waals surface area (Å²) >= 11 is 12.9. The molecular weight excluding hydrogens is 565 g/mol. The lowest BCUT2D eigenvalue weighted by atomic mass is 10.0. The van der Waals surface area contributed by atoms with Gasteiger partial charge in [-0.2, -0.15) is 0 Å². The van der Waals surface area contributed by atoms with Crippen molar-refractivity contribution < 1.29 is 24.4 Å². The lowest BCUT2D eigenvalue weighted by Crippen LogP contribution is -2.49. The molecule has 2 N–H and O–H groups in total. The molecule has 3 heterocycles. The fourth-order valence-corrected chi connectivity index (χ4v) is 5.77. The first-order valence-corrected chi connectivity index (χ1v) is 14.9. The quantitative estimate of drug-likeness (QED) is 0.302. The molecule has 2 unspecified atom stereocenters. The number of β-amino-alcohol motifs (C(OH)–C–C–N with tert-alkyl or cyclic N) is 1. The van der Waals surface area contributed by atoms with Gasteiger partial charge in [-0.1, -0.05) is 41.4 Å². The second-order valence-electron chi connectivity index (χ2n) is 10.4. The van der Waals surface area contributed by atoms with Crippen molar-refractivity contribution in [3.05, 3.63) is 87.7 Å². The predicted octanol–water partition coefficient (Wildman–Crippen LogP) is 5.40. The minimum atomic E-state index is -0.746. The van der Waals surface area contributed by atoms with E-state index in [1.54, 1.807) is 6.07 Å². The number of hydrogen-bond donors (Lipinski definition) is 2. The second kappa shape index (κ2) is 14.6. The van der Waals surface area contributed by atoms with E-state index < -0.39 is 6.10 Å². The highest BCUT2D eigenvalue weighted by Crippen LogP contribution is 2.37. The van der Waals surface area contributed by atoms with Crippen molar-refractivity contribution in [2.24, 2.45) is 0 Å². The number of aromatic nitrogens is 1. The van der Waals surface area contributed by atoms with Crippen LogP contribution in [0, 0.1) is 0 Å². The van der Waals surface area contributed by atoms with Crippen LogP contribution in [0.2, 0.25) is 10.0 Å². The summed E-state index contributed by atoms with van der Waals surface area (Å²) in [5.41, 5.74) is 3.41. The molecule has 0 spiro atoms. The number of benzene rings is 2. The summed E-state index contributed by atoms with van der Waals surface area (Å²) in [6.45, 7) is 3.81. The Kier molecular flexibility index (Phi) is 10.7. The number of aliphatic hydroxyl groups excluding tert-OH is 2. The Balaban J connectivity index is 1.27. The molecule has 1 aromatic heterocycles. The Labute approximate surface area is 251 Å². The van der Waals surface area contributed by atoms with E-state index in [0.29, 0.717) is 47.7 Å². The molecule has 0 saturated carbocycles. The maximum absolute atomic E-state index is 11.2. The average molecular weight is 603 g/mol. The SMILES string of the molecule is OCCOc1ccc(N2CCN(CC(O)c3cccc(COC4CCCCO4)n3)C[C@H]2c2ccc(Cl)cc2)c(Cl)c1. The molecule has 3 atom stereocenters. The Hall–Kier alpha value is -2.43. The summed E-state index contributed by atoms with van der Waals surface area (Å²) in [5.74, 6) is 0.615. The van der Waals surface area contributed by atoms with Crippen LogP contribution in [0.15, 0.2) is 60.7 Å². The van der Waals surface area contributed by atoms with Crippen molar-refractivity contribution >= 4 is 28.9 Å². The lowest BCUT2D eigenvalue weighted by molar-refractivity contribution is -0.169. The summed E-state index contributed by atoms with van der Waals surface area (Å²) in [6.07, 6.45) is 2.16. The van der Waals surface area contributed by atoms with Crippen LogP contribution in [0.4, 0.5) is 5.69 Å². The zero-order valence-corrected chi connectivity index (χ0v) is 24.5. The third-order valence-electron chi connectivity index (χ3n) is 7.46. The molecular formula is C31H37Cl2N3O5. The van der Waals surface area contributed by atoms with Gasteiger partial charge in [0.1, 0.15) is 18.5 Å².